The van der Waals surface area contributed by atoms with Crippen molar-refractivity contribution < 1.29 is 19.8 Å². The van der Waals surface area contributed by atoms with Crippen LogP contribution < -0.4 is 4.90 Å². The number of anilines is 1. The van der Waals surface area contributed by atoms with Gasteiger partial charge in [-0.15, -0.1) is 11.3 Å². The van der Waals surface area contributed by atoms with Gasteiger partial charge in [-0.3, -0.25) is 4.79 Å². The molecule has 0 saturated carbocycles. The molecule has 0 aliphatic carbocycles. The van der Waals surface area contributed by atoms with Gasteiger partial charge < -0.3 is 15.1 Å². The van der Waals surface area contributed by atoms with Gasteiger partial charge in [-0.2, -0.15) is 0 Å². The van der Waals surface area contributed by atoms with Crippen LogP contribution in [0.25, 0.3) is 0 Å². The largest absolute Gasteiger partial charge is 0.481 e. The number of carboxylic acid groups (broad SMARTS) is 2. The van der Waals surface area contributed by atoms with Crippen LogP contribution in [-0.4, -0.2) is 40.2 Å². The number of rotatable bonds is 3. The first-order valence-corrected chi connectivity index (χ1v) is 6.12. The van der Waals surface area contributed by atoms with Gasteiger partial charge in [0.25, 0.3) is 0 Å². The smallest absolute Gasteiger partial charge is 0.355 e. The maximum absolute atomic E-state index is 10.9. The van der Waals surface area contributed by atoms with E-state index in [2.05, 4.69) is 4.98 Å². The molecule has 1 aliphatic rings. The van der Waals surface area contributed by atoms with Crippen molar-refractivity contribution in [1.82, 2.24) is 4.98 Å². The molecule has 6 nitrogen and oxygen atoms in total. The summed E-state index contributed by atoms with van der Waals surface area (Å²) in [7, 11) is 0. The Labute approximate surface area is 102 Å². The van der Waals surface area contributed by atoms with E-state index in [0.717, 1.165) is 13.0 Å². The van der Waals surface area contributed by atoms with Crippen LogP contribution >= 0.6 is 11.3 Å². The first-order chi connectivity index (χ1) is 8.08. The highest BCUT2D eigenvalue weighted by Gasteiger charge is 2.27. The first kappa shape index (κ1) is 11.8. The monoisotopic (exact) mass is 256 g/mol. The molecule has 1 saturated heterocycles. The predicted octanol–water partition coefficient (Wildman–Crippen LogP) is 1.14. The van der Waals surface area contributed by atoms with Crippen molar-refractivity contribution in [2.24, 2.45) is 5.92 Å². The second-order valence-corrected chi connectivity index (χ2v) is 4.78. The molecule has 1 aliphatic heterocycles. The van der Waals surface area contributed by atoms with Gasteiger partial charge in [0.1, 0.15) is 0 Å². The van der Waals surface area contributed by atoms with Gasteiger partial charge in [-0.1, -0.05) is 0 Å². The number of hydrogen-bond donors (Lipinski definition) is 2. The summed E-state index contributed by atoms with van der Waals surface area (Å²) >= 11 is 1.24. The number of carboxylic acids is 2. The van der Waals surface area contributed by atoms with E-state index < -0.39 is 11.9 Å². The Morgan fingerprint density at radius 1 is 1.47 bits per heavy atom. The standard InChI is InChI=1S/C10H12N2O4S/c13-8(14)6-2-1-3-12(4-6)10-11-7(5-17-10)9(15)16/h5-6H,1-4H2,(H,13,14)(H,15,16). The Morgan fingerprint density at radius 2 is 2.24 bits per heavy atom. The number of aromatic carboxylic acids is 1. The summed E-state index contributed by atoms with van der Waals surface area (Å²) in [5.74, 6) is -2.25. The second-order valence-electron chi connectivity index (χ2n) is 3.94. The zero-order valence-electron chi connectivity index (χ0n) is 9.00. The lowest BCUT2D eigenvalue weighted by atomic mass is 9.99. The van der Waals surface area contributed by atoms with Crippen LogP contribution in [0.1, 0.15) is 23.3 Å². The van der Waals surface area contributed by atoms with Gasteiger partial charge in [0.05, 0.1) is 5.92 Å². The van der Waals surface area contributed by atoms with Crippen molar-refractivity contribution in [2.45, 2.75) is 12.8 Å². The Kier molecular flexibility index (Phi) is 3.28. The van der Waals surface area contributed by atoms with E-state index in [4.69, 9.17) is 10.2 Å². The minimum atomic E-state index is -1.06. The molecule has 0 bridgehead atoms. The van der Waals surface area contributed by atoms with Crippen molar-refractivity contribution in [3.05, 3.63) is 11.1 Å². The zero-order valence-corrected chi connectivity index (χ0v) is 9.81. The van der Waals surface area contributed by atoms with Crippen LogP contribution in [0.4, 0.5) is 5.13 Å². The molecule has 0 radical (unpaired) electrons. The van der Waals surface area contributed by atoms with Crippen LogP contribution in [0.15, 0.2) is 5.38 Å². The van der Waals surface area contributed by atoms with Gasteiger partial charge in [-0.25, -0.2) is 9.78 Å². The maximum atomic E-state index is 10.9. The molecule has 1 fully saturated rings. The number of aliphatic carboxylic acids is 1. The number of hydrogen-bond acceptors (Lipinski definition) is 5. The van der Waals surface area contributed by atoms with Crippen LogP contribution in [0, 0.1) is 5.92 Å². The molecule has 0 amide bonds. The van der Waals surface area contributed by atoms with Gasteiger partial charge >= 0.3 is 11.9 Å². The summed E-state index contributed by atoms with van der Waals surface area (Å²) in [6.07, 6.45) is 1.46. The number of aromatic nitrogens is 1. The molecule has 2 heterocycles. The SMILES string of the molecule is O=C(O)c1csc(N2CCCC(C(=O)O)C2)n1. The fourth-order valence-electron chi connectivity index (χ4n) is 1.86. The Morgan fingerprint density at radius 3 is 2.82 bits per heavy atom. The minimum Gasteiger partial charge on any atom is -0.481 e. The normalized spacial score (nSPS) is 20.2. The van der Waals surface area contributed by atoms with E-state index in [9.17, 15) is 9.59 Å². The molecular formula is C10H12N2O4S. The highest BCUT2D eigenvalue weighted by atomic mass is 32.1. The lowest BCUT2D eigenvalue weighted by molar-refractivity contribution is -0.141. The average Bonchev–Trinajstić information content (AvgIpc) is 2.78. The van der Waals surface area contributed by atoms with E-state index >= 15 is 0 Å². The quantitative estimate of drug-likeness (QED) is 0.842. The Hall–Kier alpha value is -1.63. The topological polar surface area (TPSA) is 90.7 Å². The average molecular weight is 256 g/mol. The summed E-state index contributed by atoms with van der Waals surface area (Å²) in [6, 6.07) is 0. The van der Waals surface area contributed by atoms with E-state index in [-0.39, 0.29) is 11.6 Å². The summed E-state index contributed by atoms with van der Waals surface area (Å²) in [6.45, 7) is 1.14. The van der Waals surface area contributed by atoms with Crippen molar-refractivity contribution >= 4 is 28.4 Å². The summed E-state index contributed by atoms with van der Waals surface area (Å²) < 4.78 is 0. The summed E-state index contributed by atoms with van der Waals surface area (Å²) in [5, 5.41) is 19.8. The Bertz CT molecular complexity index is 445. The van der Waals surface area contributed by atoms with Crippen LogP contribution in [-0.2, 0) is 4.79 Å². The third-order valence-electron chi connectivity index (χ3n) is 2.75. The lowest BCUT2D eigenvalue weighted by Crippen LogP contribution is -2.38. The van der Waals surface area contributed by atoms with E-state index in [1.54, 1.807) is 0 Å². The molecule has 92 valence electrons. The van der Waals surface area contributed by atoms with Crippen molar-refractivity contribution in [3.8, 4) is 0 Å². The molecular weight excluding hydrogens is 244 g/mol. The fraction of sp³-hybridized carbons (Fsp3) is 0.500. The number of carbonyl (C=O) groups is 2. The van der Waals surface area contributed by atoms with Crippen molar-refractivity contribution in [2.75, 3.05) is 18.0 Å². The first-order valence-electron chi connectivity index (χ1n) is 5.24. The highest BCUT2D eigenvalue weighted by molar-refractivity contribution is 7.13. The van der Waals surface area contributed by atoms with Crippen LogP contribution in [0.3, 0.4) is 0 Å². The van der Waals surface area contributed by atoms with Crippen molar-refractivity contribution in [3.63, 3.8) is 0 Å². The molecule has 0 spiro atoms. The highest BCUT2D eigenvalue weighted by Crippen LogP contribution is 2.26. The molecule has 2 rings (SSSR count). The molecule has 0 aromatic carbocycles. The minimum absolute atomic E-state index is 0.0162. The lowest BCUT2D eigenvalue weighted by Gasteiger charge is -2.30. The molecule has 1 aromatic heterocycles. The number of nitrogens with zero attached hydrogens (tertiary/aromatic N) is 2. The fourth-order valence-corrected chi connectivity index (χ4v) is 2.70. The van der Waals surface area contributed by atoms with Crippen LogP contribution in [0.2, 0.25) is 0 Å². The van der Waals surface area contributed by atoms with E-state index in [0.29, 0.717) is 18.1 Å². The van der Waals surface area contributed by atoms with Gasteiger partial charge in [0.2, 0.25) is 0 Å². The second kappa shape index (κ2) is 4.70. The maximum Gasteiger partial charge on any atom is 0.355 e. The van der Waals surface area contributed by atoms with Gasteiger partial charge in [0, 0.05) is 18.5 Å². The number of thiazole rings is 1. The third-order valence-corrected chi connectivity index (χ3v) is 3.65. The molecule has 7 heteroatoms. The van der Waals surface area contributed by atoms with Crippen LogP contribution in [0.5, 0.6) is 0 Å². The third kappa shape index (κ3) is 2.55. The van der Waals surface area contributed by atoms with E-state index in [1.807, 2.05) is 4.90 Å². The van der Waals surface area contributed by atoms with Gasteiger partial charge in [0.15, 0.2) is 10.8 Å². The van der Waals surface area contributed by atoms with Gasteiger partial charge in [-0.05, 0) is 12.8 Å². The van der Waals surface area contributed by atoms with Crippen molar-refractivity contribution in [1.29, 1.82) is 0 Å². The molecule has 1 aromatic rings. The predicted molar refractivity (Wildman–Crippen MR) is 61.6 cm³/mol. The molecule has 1 atom stereocenters. The summed E-state index contributed by atoms with van der Waals surface area (Å²) in [5.41, 5.74) is 0.0162. The Balaban J connectivity index is 2.10. The number of piperidine rings is 1. The molecule has 17 heavy (non-hydrogen) atoms. The van der Waals surface area contributed by atoms with E-state index in [1.165, 1.54) is 16.7 Å². The summed E-state index contributed by atoms with van der Waals surface area (Å²) in [4.78, 5) is 27.4. The molecule has 1 unspecified atom stereocenters. The molecule has 2 N–H and O–H groups in total. The zero-order chi connectivity index (χ0) is 12.4.